The van der Waals surface area contributed by atoms with E-state index in [0.29, 0.717) is 30.9 Å². The van der Waals surface area contributed by atoms with Crippen LogP contribution in [0.25, 0.3) is 11.2 Å². The number of nitrogens with one attached hydrogen (secondary N) is 2. The minimum atomic E-state index is -2.61. The molecule has 1 aliphatic carbocycles. The van der Waals surface area contributed by atoms with Crippen molar-refractivity contribution in [1.82, 2.24) is 19.5 Å². The van der Waals surface area contributed by atoms with Gasteiger partial charge in [-0.1, -0.05) is 0 Å². The first-order valence-corrected chi connectivity index (χ1v) is 7.02. The molecule has 2 aromatic heterocycles. The van der Waals surface area contributed by atoms with Crippen LogP contribution in [0.15, 0.2) is 9.59 Å². The second-order valence-corrected chi connectivity index (χ2v) is 5.45. The van der Waals surface area contributed by atoms with Gasteiger partial charge in [0, 0.05) is 25.3 Å². The highest BCUT2D eigenvalue weighted by molar-refractivity contribution is 5.69. The van der Waals surface area contributed by atoms with Crippen LogP contribution in [0.1, 0.15) is 44.3 Å². The number of aromatic amines is 2. The molecule has 0 spiro atoms. The number of halogens is 2. The number of alkyl halides is 2. The fourth-order valence-electron chi connectivity index (χ4n) is 2.86. The maximum Gasteiger partial charge on any atom is 0.330 e. The first kappa shape index (κ1) is 14.0. The molecule has 21 heavy (non-hydrogen) atoms. The van der Waals surface area contributed by atoms with Gasteiger partial charge in [0.1, 0.15) is 11.3 Å². The van der Waals surface area contributed by atoms with Gasteiger partial charge in [-0.25, -0.2) is 18.6 Å². The molecule has 0 amide bonds. The van der Waals surface area contributed by atoms with Gasteiger partial charge in [0.05, 0.1) is 0 Å². The van der Waals surface area contributed by atoms with Crippen LogP contribution in [-0.4, -0.2) is 25.4 Å². The molecular weight excluding hydrogens is 282 g/mol. The van der Waals surface area contributed by atoms with E-state index in [2.05, 4.69) is 15.0 Å². The maximum absolute atomic E-state index is 13.2. The summed E-state index contributed by atoms with van der Waals surface area (Å²) < 4.78 is 27.8. The summed E-state index contributed by atoms with van der Waals surface area (Å²) in [6.07, 6.45) is 0.291. The Morgan fingerprint density at radius 2 is 1.95 bits per heavy atom. The largest absolute Gasteiger partial charge is 0.336 e. The molecule has 0 saturated heterocycles. The third kappa shape index (κ3) is 2.38. The SMILES string of the molecule is CCn1c(=O)[nH]c(=O)c2[nH]c(C3CCC(F)(F)CC3)nc21. The zero-order chi connectivity index (χ0) is 15.2. The molecule has 0 bridgehead atoms. The molecule has 0 aliphatic heterocycles. The molecule has 1 aliphatic rings. The quantitative estimate of drug-likeness (QED) is 0.885. The maximum atomic E-state index is 13.2. The standard InChI is InChI=1S/C13H16F2N4O2/c1-2-19-10-8(11(20)18-12(19)21)16-9(17-10)7-3-5-13(14,15)6-4-7/h7H,2-6H2,1H3,(H,16,17)(H,18,20,21). The van der Waals surface area contributed by atoms with Gasteiger partial charge < -0.3 is 4.98 Å². The molecule has 0 aromatic carbocycles. The van der Waals surface area contributed by atoms with Crippen molar-refractivity contribution in [2.24, 2.45) is 0 Å². The zero-order valence-electron chi connectivity index (χ0n) is 11.6. The highest BCUT2D eigenvalue weighted by Gasteiger charge is 2.36. The lowest BCUT2D eigenvalue weighted by molar-refractivity contribution is -0.0387. The topological polar surface area (TPSA) is 83.5 Å². The summed E-state index contributed by atoms with van der Waals surface area (Å²) in [6, 6.07) is 0. The summed E-state index contributed by atoms with van der Waals surface area (Å²) in [5, 5.41) is 0. The summed E-state index contributed by atoms with van der Waals surface area (Å²) in [6.45, 7) is 2.15. The Morgan fingerprint density at radius 3 is 2.57 bits per heavy atom. The summed E-state index contributed by atoms with van der Waals surface area (Å²) in [4.78, 5) is 33.0. The average molecular weight is 298 g/mol. The Bertz CT molecular complexity index is 780. The van der Waals surface area contributed by atoms with E-state index in [1.54, 1.807) is 6.92 Å². The van der Waals surface area contributed by atoms with Crippen LogP contribution in [0.4, 0.5) is 8.78 Å². The zero-order valence-corrected chi connectivity index (χ0v) is 11.6. The Kier molecular flexibility index (Phi) is 3.18. The lowest BCUT2D eigenvalue weighted by atomic mass is 9.86. The van der Waals surface area contributed by atoms with E-state index in [1.807, 2.05) is 0 Å². The Balaban J connectivity index is 2.04. The van der Waals surface area contributed by atoms with Crippen molar-refractivity contribution < 1.29 is 8.78 Å². The molecule has 8 heteroatoms. The third-order valence-corrected chi connectivity index (χ3v) is 4.07. The Morgan fingerprint density at radius 1 is 1.29 bits per heavy atom. The molecule has 0 atom stereocenters. The molecule has 0 radical (unpaired) electrons. The van der Waals surface area contributed by atoms with Crippen molar-refractivity contribution in [3.05, 3.63) is 26.7 Å². The van der Waals surface area contributed by atoms with E-state index in [9.17, 15) is 18.4 Å². The fraction of sp³-hybridized carbons (Fsp3) is 0.615. The van der Waals surface area contributed by atoms with Crippen molar-refractivity contribution >= 4 is 11.2 Å². The van der Waals surface area contributed by atoms with Gasteiger partial charge in [0.25, 0.3) is 5.56 Å². The third-order valence-electron chi connectivity index (χ3n) is 4.07. The first-order chi connectivity index (χ1) is 9.91. The molecule has 0 unspecified atom stereocenters. The summed E-state index contributed by atoms with van der Waals surface area (Å²) in [5.41, 5.74) is -0.523. The van der Waals surface area contributed by atoms with Crippen LogP contribution in [0.3, 0.4) is 0 Å². The highest BCUT2D eigenvalue weighted by atomic mass is 19.3. The monoisotopic (exact) mass is 298 g/mol. The predicted octanol–water partition coefficient (Wildman–Crippen LogP) is 1.73. The van der Waals surface area contributed by atoms with Gasteiger partial charge >= 0.3 is 5.69 Å². The lowest BCUT2D eigenvalue weighted by Gasteiger charge is -2.26. The predicted molar refractivity (Wildman–Crippen MR) is 72.8 cm³/mol. The highest BCUT2D eigenvalue weighted by Crippen LogP contribution is 2.40. The number of nitrogens with zero attached hydrogens (tertiary/aromatic N) is 2. The number of hydrogen-bond acceptors (Lipinski definition) is 3. The van der Waals surface area contributed by atoms with E-state index < -0.39 is 17.2 Å². The van der Waals surface area contributed by atoms with Crippen LogP contribution >= 0.6 is 0 Å². The number of H-pyrrole nitrogens is 2. The molecule has 2 N–H and O–H groups in total. The van der Waals surface area contributed by atoms with E-state index in [-0.39, 0.29) is 24.3 Å². The van der Waals surface area contributed by atoms with E-state index in [0.717, 1.165) is 0 Å². The van der Waals surface area contributed by atoms with Crippen LogP contribution in [-0.2, 0) is 6.54 Å². The normalized spacial score (nSPS) is 19.2. The van der Waals surface area contributed by atoms with Gasteiger partial charge in [-0.3, -0.25) is 14.3 Å². The molecule has 2 heterocycles. The van der Waals surface area contributed by atoms with Crippen LogP contribution in [0, 0.1) is 0 Å². The molecule has 114 valence electrons. The van der Waals surface area contributed by atoms with Crippen molar-refractivity contribution in [2.75, 3.05) is 0 Å². The van der Waals surface area contributed by atoms with Crippen molar-refractivity contribution in [1.29, 1.82) is 0 Å². The number of rotatable bonds is 2. The van der Waals surface area contributed by atoms with Gasteiger partial charge in [0.15, 0.2) is 5.65 Å². The number of fused-ring (bicyclic) bond motifs is 1. The molecule has 2 aromatic rings. The number of aromatic nitrogens is 4. The van der Waals surface area contributed by atoms with Gasteiger partial charge in [-0.2, -0.15) is 0 Å². The first-order valence-electron chi connectivity index (χ1n) is 7.02. The summed E-state index contributed by atoms with van der Waals surface area (Å²) >= 11 is 0. The number of aryl methyl sites for hydroxylation is 1. The molecule has 1 fully saturated rings. The summed E-state index contributed by atoms with van der Waals surface area (Å²) in [5.74, 6) is -2.22. The van der Waals surface area contributed by atoms with Crippen LogP contribution in [0.2, 0.25) is 0 Å². The van der Waals surface area contributed by atoms with Gasteiger partial charge in [-0.15, -0.1) is 0 Å². The minimum absolute atomic E-state index is 0.128. The molecule has 1 saturated carbocycles. The number of hydrogen-bond donors (Lipinski definition) is 2. The Labute approximate surface area is 118 Å². The minimum Gasteiger partial charge on any atom is -0.336 e. The molecule has 3 rings (SSSR count). The smallest absolute Gasteiger partial charge is 0.330 e. The summed E-state index contributed by atoms with van der Waals surface area (Å²) in [7, 11) is 0. The van der Waals surface area contributed by atoms with Crippen molar-refractivity contribution in [3.8, 4) is 0 Å². The fourth-order valence-corrected chi connectivity index (χ4v) is 2.86. The second-order valence-electron chi connectivity index (χ2n) is 5.45. The van der Waals surface area contributed by atoms with E-state index in [4.69, 9.17) is 0 Å². The molecule has 6 nitrogen and oxygen atoms in total. The molecular formula is C13H16F2N4O2. The van der Waals surface area contributed by atoms with Crippen LogP contribution < -0.4 is 11.2 Å². The van der Waals surface area contributed by atoms with E-state index >= 15 is 0 Å². The van der Waals surface area contributed by atoms with Gasteiger partial charge in [-0.05, 0) is 19.8 Å². The average Bonchev–Trinajstić information content (AvgIpc) is 2.84. The van der Waals surface area contributed by atoms with Gasteiger partial charge in [0.2, 0.25) is 5.92 Å². The Hall–Kier alpha value is -1.99. The van der Waals surface area contributed by atoms with E-state index in [1.165, 1.54) is 4.57 Å². The van der Waals surface area contributed by atoms with Crippen molar-refractivity contribution in [2.45, 2.75) is 51.0 Å². The second kappa shape index (κ2) is 4.78. The van der Waals surface area contributed by atoms with Crippen molar-refractivity contribution in [3.63, 3.8) is 0 Å². The lowest BCUT2D eigenvalue weighted by Crippen LogP contribution is -2.29. The van der Waals surface area contributed by atoms with Crippen LogP contribution in [0.5, 0.6) is 0 Å². The number of imidazole rings is 1.